The number of hydrogen-bond donors (Lipinski definition) is 0. The first-order chi connectivity index (χ1) is 6.89. The second-order valence-corrected chi connectivity index (χ2v) is 3.46. The smallest absolute Gasteiger partial charge is 0.321 e. The molecule has 0 unspecified atom stereocenters. The van der Waals surface area contributed by atoms with Gasteiger partial charge in [-0.1, -0.05) is 0 Å². The molecular formula is C8H9F4N3. The number of alkyl halides is 3. The maximum absolute atomic E-state index is 12.9. The molecular weight excluding hydrogens is 214 g/mol. The highest BCUT2D eigenvalue weighted by molar-refractivity contribution is 5.18. The van der Waals surface area contributed by atoms with Gasteiger partial charge in [0.25, 0.3) is 0 Å². The van der Waals surface area contributed by atoms with Crippen LogP contribution < -0.4 is 0 Å². The van der Waals surface area contributed by atoms with Crippen LogP contribution in [0.15, 0.2) is 0 Å². The molecule has 0 saturated heterocycles. The molecule has 0 aromatic carbocycles. The SMILES string of the molecule is Cc1nc(C(F)(F)F)n2c1CN(F)CC2. The second-order valence-electron chi connectivity index (χ2n) is 3.46. The lowest BCUT2D eigenvalue weighted by molar-refractivity contribution is -0.148. The first kappa shape index (κ1) is 10.4. The van der Waals surface area contributed by atoms with Crippen LogP contribution in [0.3, 0.4) is 0 Å². The van der Waals surface area contributed by atoms with Gasteiger partial charge in [0.15, 0.2) is 0 Å². The summed E-state index contributed by atoms with van der Waals surface area (Å²) in [5.74, 6) is -0.928. The summed E-state index contributed by atoms with van der Waals surface area (Å²) in [6.45, 7) is 1.28. The largest absolute Gasteiger partial charge is 0.449 e. The zero-order valence-corrected chi connectivity index (χ0v) is 7.97. The molecule has 1 aliphatic heterocycles. The minimum atomic E-state index is -4.47. The van der Waals surface area contributed by atoms with E-state index in [1.54, 1.807) is 0 Å². The van der Waals surface area contributed by atoms with Crippen LogP contribution in [0.2, 0.25) is 0 Å². The van der Waals surface area contributed by atoms with Crippen molar-refractivity contribution in [2.45, 2.75) is 26.2 Å². The molecule has 0 spiro atoms. The van der Waals surface area contributed by atoms with E-state index in [2.05, 4.69) is 4.98 Å². The van der Waals surface area contributed by atoms with Crippen molar-refractivity contribution in [1.82, 2.24) is 14.7 Å². The van der Waals surface area contributed by atoms with E-state index in [4.69, 9.17) is 0 Å². The minimum absolute atomic E-state index is 0.0124. The van der Waals surface area contributed by atoms with Crippen LogP contribution in [0.1, 0.15) is 17.2 Å². The highest BCUT2D eigenvalue weighted by atomic mass is 19.4. The predicted molar refractivity (Wildman–Crippen MR) is 43.5 cm³/mol. The Morgan fingerprint density at radius 3 is 2.53 bits per heavy atom. The molecule has 84 valence electrons. The summed E-state index contributed by atoms with van der Waals surface area (Å²) < 4.78 is 51.4. The molecule has 0 N–H and O–H groups in total. The molecule has 3 nitrogen and oxygen atoms in total. The van der Waals surface area contributed by atoms with Gasteiger partial charge in [0.1, 0.15) is 0 Å². The van der Waals surface area contributed by atoms with Crippen molar-refractivity contribution < 1.29 is 17.7 Å². The first-order valence-corrected chi connectivity index (χ1v) is 4.43. The predicted octanol–water partition coefficient (Wildman–Crippen LogP) is 1.91. The first-order valence-electron chi connectivity index (χ1n) is 4.43. The summed E-state index contributed by atoms with van der Waals surface area (Å²) in [5, 5.41) is 0.490. The number of halogens is 4. The van der Waals surface area contributed by atoms with Gasteiger partial charge in [0.05, 0.1) is 17.9 Å². The van der Waals surface area contributed by atoms with Crippen molar-refractivity contribution in [2.75, 3.05) is 6.54 Å². The normalized spacial score (nSPS) is 17.9. The van der Waals surface area contributed by atoms with Crippen LogP contribution in [-0.4, -0.2) is 21.2 Å². The quantitative estimate of drug-likeness (QED) is 0.495. The van der Waals surface area contributed by atoms with Gasteiger partial charge in [0.2, 0.25) is 5.82 Å². The Morgan fingerprint density at radius 1 is 1.27 bits per heavy atom. The van der Waals surface area contributed by atoms with E-state index in [0.717, 1.165) is 4.57 Å². The van der Waals surface area contributed by atoms with Gasteiger partial charge >= 0.3 is 6.18 Å². The van der Waals surface area contributed by atoms with E-state index >= 15 is 0 Å². The fourth-order valence-corrected chi connectivity index (χ4v) is 1.71. The molecule has 0 radical (unpaired) electrons. The molecule has 0 amide bonds. The Labute approximate surface area is 83.2 Å². The lowest BCUT2D eigenvalue weighted by Gasteiger charge is -2.22. The van der Waals surface area contributed by atoms with Crippen molar-refractivity contribution in [3.8, 4) is 0 Å². The van der Waals surface area contributed by atoms with Crippen LogP contribution in [0.5, 0.6) is 0 Å². The topological polar surface area (TPSA) is 21.1 Å². The Bertz CT molecular complexity index is 382. The van der Waals surface area contributed by atoms with Crippen molar-refractivity contribution >= 4 is 0 Å². The maximum Gasteiger partial charge on any atom is 0.449 e. The average Bonchev–Trinajstić information content (AvgIpc) is 2.43. The van der Waals surface area contributed by atoms with Gasteiger partial charge in [-0.15, -0.1) is 9.60 Å². The molecule has 15 heavy (non-hydrogen) atoms. The van der Waals surface area contributed by atoms with Crippen LogP contribution in [0.4, 0.5) is 17.7 Å². The Kier molecular flexibility index (Phi) is 2.22. The van der Waals surface area contributed by atoms with Gasteiger partial charge in [-0.05, 0) is 6.92 Å². The van der Waals surface area contributed by atoms with Gasteiger partial charge in [0, 0.05) is 13.1 Å². The lowest BCUT2D eigenvalue weighted by Crippen LogP contribution is -2.30. The number of fused-ring (bicyclic) bond motifs is 1. The third-order valence-corrected chi connectivity index (χ3v) is 2.41. The summed E-state index contributed by atoms with van der Waals surface area (Å²) in [5.41, 5.74) is 0.542. The van der Waals surface area contributed by atoms with E-state index < -0.39 is 12.0 Å². The molecule has 1 aromatic heterocycles. The van der Waals surface area contributed by atoms with Gasteiger partial charge in [-0.3, -0.25) is 0 Å². The number of hydrogen-bond acceptors (Lipinski definition) is 2. The van der Waals surface area contributed by atoms with E-state index in [1.807, 2.05) is 0 Å². The van der Waals surface area contributed by atoms with E-state index in [9.17, 15) is 17.7 Å². The third-order valence-electron chi connectivity index (χ3n) is 2.41. The number of rotatable bonds is 0. The summed E-state index contributed by atoms with van der Waals surface area (Å²) in [7, 11) is 0. The molecule has 7 heteroatoms. The van der Waals surface area contributed by atoms with E-state index in [0.29, 0.717) is 10.8 Å². The molecule has 1 aliphatic rings. The molecule has 0 atom stereocenters. The van der Waals surface area contributed by atoms with Crippen molar-refractivity contribution in [3.63, 3.8) is 0 Å². The summed E-state index contributed by atoms with van der Waals surface area (Å²) in [6, 6.07) is 0. The number of imidazole rings is 1. The fraction of sp³-hybridized carbons (Fsp3) is 0.625. The van der Waals surface area contributed by atoms with Crippen molar-refractivity contribution in [1.29, 1.82) is 0 Å². The minimum Gasteiger partial charge on any atom is -0.321 e. The molecule has 0 aliphatic carbocycles. The molecule has 2 heterocycles. The Balaban J connectivity index is 2.48. The molecule has 2 rings (SSSR count). The molecule has 0 bridgehead atoms. The highest BCUT2D eigenvalue weighted by Crippen LogP contribution is 2.31. The number of nitrogens with zero attached hydrogens (tertiary/aromatic N) is 3. The summed E-state index contributed by atoms with van der Waals surface area (Å²) in [4.78, 5) is 3.44. The molecule has 1 aromatic rings. The summed E-state index contributed by atoms with van der Waals surface area (Å²) >= 11 is 0. The van der Waals surface area contributed by atoms with Crippen LogP contribution in [0.25, 0.3) is 0 Å². The average molecular weight is 223 g/mol. The fourth-order valence-electron chi connectivity index (χ4n) is 1.71. The summed E-state index contributed by atoms with van der Waals surface area (Å²) in [6.07, 6.45) is -4.47. The van der Waals surface area contributed by atoms with Gasteiger partial charge in [-0.2, -0.15) is 13.2 Å². The highest BCUT2D eigenvalue weighted by Gasteiger charge is 2.39. The van der Waals surface area contributed by atoms with Crippen molar-refractivity contribution in [2.24, 2.45) is 0 Å². The maximum atomic E-state index is 12.9. The Morgan fingerprint density at radius 2 is 1.93 bits per heavy atom. The molecule has 0 fully saturated rings. The third kappa shape index (κ3) is 1.71. The van der Waals surface area contributed by atoms with Crippen molar-refractivity contribution in [3.05, 3.63) is 17.2 Å². The van der Waals surface area contributed by atoms with Gasteiger partial charge < -0.3 is 4.57 Å². The standard InChI is InChI=1S/C8H9F4N3/c1-5-6-4-14(12)2-3-15(6)7(13-5)8(9,10)11/h2-4H2,1H3. The van der Waals surface area contributed by atoms with Gasteiger partial charge in [-0.25, -0.2) is 4.98 Å². The van der Waals surface area contributed by atoms with Crippen LogP contribution in [0, 0.1) is 6.92 Å². The second kappa shape index (κ2) is 3.19. The Hall–Kier alpha value is -1.11. The number of aromatic nitrogens is 2. The monoisotopic (exact) mass is 223 g/mol. The van der Waals surface area contributed by atoms with Crippen LogP contribution >= 0.6 is 0 Å². The zero-order valence-electron chi connectivity index (χ0n) is 7.97. The lowest BCUT2D eigenvalue weighted by atomic mass is 10.3. The van der Waals surface area contributed by atoms with E-state index in [1.165, 1.54) is 6.92 Å². The zero-order chi connectivity index (χ0) is 11.2. The van der Waals surface area contributed by atoms with Crippen LogP contribution in [-0.2, 0) is 19.3 Å². The number of aryl methyl sites for hydroxylation is 1. The van der Waals surface area contributed by atoms with E-state index in [-0.39, 0.29) is 25.3 Å². The molecule has 0 saturated carbocycles.